The molecule has 1 saturated heterocycles. The number of hydrogen-bond donors (Lipinski definition) is 1. The molecule has 0 radical (unpaired) electrons. The predicted molar refractivity (Wildman–Crippen MR) is 86.0 cm³/mol. The van der Waals surface area contributed by atoms with Crippen LogP contribution in [0.2, 0.25) is 0 Å². The van der Waals surface area contributed by atoms with Crippen LogP contribution >= 0.6 is 0 Å². The Morgan fingerprint density at radius 1 is 1.05 bits per heavy atom. The van der Waals surface area contributed by atoms with Gasteiger partial charge in [-0.25, -0.2) is 0 Å². The predicted octanol–water partition coefficient (Wildman–Crippen LogP) is 4.17. The van der Waals surface area contributed by atoms with Crippen LogP contribution < -0.4 is 10.6 Å². The Morgan fingerprint density at radius 3 is 2.40 bits per heavy atom. The van der Waals surface area contributed by atoms with Gasteiger partial charge in [0.1, 0.15) is 0 Å². The number of anilines is 2. The highest BCUT2D eigenvalue weighted by atomic mass is 15.2. The number of nitrogens with zero attached hydrogens (tertiary/aromatic N) is 1. The molecule has 1 aliphatic rings. The van der Waals surface area contributed by atoms with Crippen LogP contribution in [0.5, 0.6) is 0 Å². The molecule has 2 nitrogen and oxygen atoms in total. The summed E-state index contributed by atoms with van der Waals surface area (Å²) in [4.78, 5) is 2.52. The lowest BCUT2D eigenvalue weighted by Gasteiger charge is -2.27. The van der Waals surface area contributed by atoms with E-state index in [-0.39, 0.29) is 0 Å². The fraction of sp³-hybridized carbons (Fsp3) is 0.333. The van der Waals surface area contributed by atoms with Gasteiger partial charge in [0.05, 0.1) is 6.04 Å². The van der Waals surface area contributed by atoms with Crippen molar-refractivity contribution in [2.45, 2.75) is 32.2 Å². The molecular weight excluding hydrogens is 244 g/mol. The zero-order chi connectivity index (χ0) is 13.9. The monoisotopic (exact) mass is 266 g/mol. The molecule has 2 heteroatoms. The third-order valence-electron chi connectivity index (χ3n) is 4.25. The number of aryl methyl sites for hydroxylation is 1. The standard InChI is InChI=1S/C18H22N2/c1-2-14-5-11-17(12-6-14)20-13-3-4-18(20)15-7-9-16(19)10-8-15/h5-12,18H,2-4,13,19H2,1H3. The Hall–Kier alpha value is -1.96. The lowest BCUT2D eigenvalue weighted by atomic mass is 10.0. The Balaban J connectivity index is 1.86. The van der Waals surface area contributed by atoms with Crippen LogP contribution in [0.1, 0.15) is 36.9 Å². The normalized spacial score (nSPS) is 18.4. The van der Waals surface area contributed by atoms with Gasteiger partial charge in [-0.1, -0.05) is 31.2 Å². The molecule has 1 atom stereocenters. The third-order valence-corrected chi connectivity index (χ3v) is 4.25. The zero-order valence-electron chi connectivity index (χ0n) is 12.0. The second-order valence-electron chi connectivity index (χ2n) is 5.54. The van der Waals surface area contributed by atoms with Crippen LogP contribution in [0.15, 0.2) is 48.5 Å². The minimum absolute atomic E-state index is 0.489. The van der Waals surface area contributed by atoms with Crippen molar-refractivity contribution in [3.63, 3.8) is 0 Å². The molecule has 2 aromatic rings. The van der Waals surface area contributed by atoms with Gasteiger partial charge in [0.25, 0.3) is 0 Å². The molecule has 104 valence electrons. The van der Waals surface area contributed by atoms with Crippen molar-refractivity contribution < 1.29 is 0 Å². The molecule has 0 aliphatic carbocycles. The Morgan fingerprint density at radius 2 is 1.75 bits per heavy atom. The molecule has 0 spiro atoms. The highest BCUT2D eigenvalue weighted by molar-refractivity contribution is 5.52. The number of hydrogen-bond acceptors (Lipinski definition) is 2. The van der Waals surface area contributed by atoms with E-state index < -0.39 is 0 Å². The fourth-order valence-electron chi connectivity index (χ4n) is 3.06. The topological polar surface area (TPSA) is 29.3 Å². The Kier molecular flexibility index (Phi) is 3.64. The Bertz CT molecular complexity index is 557. The highest BCUT2D eigenvalue weighted by Gasteiger charge is 2.25. The smallest absolute Gasteiger partial charge is 0.0543 e. The summed E-state index contributed by atoms with van der Waals surface area (Å²) < 4.78 is 0. The van der Waals surface area contributed by atoms with Crippen LogP contribution in [-0.4, -0.2) is 6.54 Å². The van der Waals surface area contributed by atoms with E-state index in [0.717, 1.165) is 18.7 Å². The van der Waals surface area contributed by atoms with Crippen LogP contribution in [0.4, 0.5) is 11.4 Å². The summed E-state index contributed by atoms with van der Waals surface area (Å²) in [6.07, 6.45) is 3.58. The molecule has 2 N–H and O–H groups in total. The Labute approximate surface area is 121 Å². The van der Waals surface area contributed by atoms with Gasteiger partial charge in [-0.15, -0.1) is 0 Å². The average Bonchev–Trinajstić information content (AvgIpc) is 2.97. The van der Waals surface area contributed by atoms with E-state index in [9.17, 15) is 0 Å². The molecule has 2 aromatic carbocycles. The van der Waals surface area contributed by atoms with Crippen molar-refractivity contribution in [3.05, 3.63) is 59.7 Å². The van der Waals surface area contributed by atoms with Gasteiger partial charge in [0.2, 0.25) is 0 Å². The first-order chi connectivity index (χ1) is 9.78. The van der Waals surface area contributed by atoms with Crippen LogP contribution in [-0.2, 0) is 6.42 Å². The minimum Gasteiger partial charge on any atom is -0.399 e. The maximum absolute atomic E-state index is 5.79. The van der Waals surface area contributed by atoms with E-state index >= 15 is 0 Å². The van der Waals surface area contributed by atoms with Gasteiger partial charge < -0.3 is 10.6 Å². The summed E-state index contributed by atoms with van der Waals surface area (Å²) in [5, 5.41) is 0. The maximum atomic E-state index is 5.79. The van der Waals surface area contributed by atoms with Crippen molar-refractivity contribution in [2.24, 2.45) is 0 Å². The van der Waals surface area contributed by atoms with E-state index in [1.807, 2.05) is 12.1 Å². The average molecular weight is 266 g/mol. The number of nitrogen functional groups attached to an aromatic ring is 1. The largest absolute Gasteiger partial charge is 0.399 e. The van der Waals surface area contributed by atoms with Gasteiger partial charge in [0, 0.05) is 17.9 Å². The second kappa shape index (κ2) is 5.58. The fourth-order valence-corrected chi connectivity index (χ4v) is 3.06. The van der Waals surface area contributed by atoms with Crippen molar-refractivity contribution in [3.8, 4) is 0 Å². The molecule has 3 rings (SSSR count). The second-order valence-corrected chi connectivity index (χ2v) is 5.54. The van der Waals surface area contributed by atoms with Crippen LogP contribution in [0, 0.1) is 0 Å². The van der Waals surface area contributed by atoms with Gasteiger partial charge >= 0.3 is 0 Å². The molecular formula is C18H22N2. The molecule has 0 amide bonds. The van der Waals surface area contributed by atoms with Crippen molar-refractivity contribution in [1.82, 2.24) is 0 Å². The lowest BCUT2D eigenvalue weighted by Crippen LogP contribution is -2.22. The highest BCUT2D eigenvalue weighted by Crippen LogP contribution is 2.36. The molecule has 20 heavy (non-hydrogen) atoms. The summed E-state index contributed by atoms with van der Waals surface area (Å²) in [6.45, 7) is 3.34. The van der Waals surface area contributed by atoms with Gasteiger partial charge in [0.15, 0.2) is 0 Å². The molecule has 0 bridgehead atoms. The zero-order valence-corrected chi connectivity index (χ0v) is 12.0. The molecule has 0 aromatic heterocycles. The van der Waals surface area contributed by atoms with Crippen LogP contribution in [0.25, 0.3) is 0 Å². The summed E-state index contributed by atoms with van der Waals surface area (Å²) in [7, 11) is 0. The first-order valence-electron chi connectivity index (χ1n) is 7.49. The summed E-state index contributed by atoms with van der Waals surface area (Å²) in [6, 6.07) is 17.8. The number of nitrogens with two attached hydrogens (primary N) is 1. The van der Waals surface area contributed by atoms with E-state index in [0.29, 0.717) is 6.04 Å². The SMILES string of the molecule is CCc1ccc(N2CCCC2c2ccc(N)cc2)cc1. The molecule has 1 fully saturated rings. The van der Waals surface area contributed by atoms with Crippen molar-refractivity contribution in [1.29, 1.82) is 0 Å². The summed E-state index contributed by atoms with van der Waals surface area (Å²) in [5.41, 5.74) is 10.7. The van der Waals surface area contributed by atoms with E-state index in [4.69, 9.17) is 5.73 Å². The third kappa shape index (κ3) is 2.51. The van der Waals surface area contributed by atoms with E-state index in [1.54, 1.807) is 0 Å². The molecule has 1 heterocycles. The summed E-state index contributed by atoms with van der Waals surface area (Å²) >= 11 is 0. The van der Waals surface area contributed by atoms with Crippen molar-refractivity contribution in [2.75, 3.05) is 17.2 Å². The maximum Gasteiger partial charge on any atom is 0.0543 e. The van der Waals surface area contributed by atoms with E-state index in [2.05, 4.69) is 48.2 Å². The van der Waals surface area contributed by atoms with E-state index in [1.165, 1.54) is 29.7 Å². The molecule has 1 aliphatic heterocycles. The van der Waals surface area contributed by atoms with Gasteiger partial charge in [-0.3, -0.25) is 0 Å². The molecule has 0 saturated carbocycles. The lowest BCUT2D eigenvalue weighted by molar-refractivity contribution is 0.719. The first-order valence-corrected chi connectivity index (χ1v) is 7.49. The quantitative estimate of drug-likeness (QED) is 0.845. The van der Waals surface area contributed by atoms with Crippen LogP contribution in [0.3, 0.4) is 0 Å². The molecule has 1 unspecified atom stereocenters. The number of benzene rings is 2. The first kappa shape index (κ1) is 13.0. The minimum atomic E-state index is 0.489. The number of rotatable bonds is 3. The van der Waals surface area contributed by atoms with Gasteiger partial charge in [-0.2, -0.15) is 0 Å². The van der Waals surface area contributed by atoms with Crippen molar-refractivity contribution >= 4 is 11.4 Å². The van der Waals surface area contributed by atoms with Gasteiger partial charge in [-0.05, 0) is 54.7 Å². The summed E-state index contributed by atoms with van der Waals surface area (Å²) in [5.74, 6) is 0.